The maximum Gasteiger partial charge on any atom is 0.229 e. The molecule has 1 heterocycles. The highest BCUT2D eigenvalue weighted by atomic mass is 16.5. The minimum atomic E-state index is 0.260. The molecule has 1 unspecified atom stereocenters. The summed E-state index contributed by atoms with van der Waals surface area (Å²) in [7, 11) is 4.05. The van der Waals surface area contributed by atoms with Crippen molar-refractivity contribution in [2.24, 2.45) is 5.73 Å². The molecule has 0 aliphatic carbocycles. The van der Waals surface area contributed by atoms with Gasteiger partial charge in [0.1, 0.15) is 0 Å². The maximum absolute atomic E-state index is 5.48. The van der Waals surface area contributed by atoms with E-state index < -0.39 is 0 Å². The molecule has 0 fully saturated rings. The van der Waals surface area contributed by atoms with Crippen LogP contribution in [0.3, 0.4) is 0 Å². The smallest absolute Gasteiger partial charge is 0.229 e. The number of rotatable bonds is 6. The summed E-state index contributed by atoms with van der Waals surface area (Å²) in [6, 6.07) is 0. The molecule has 0 amide bonds. The number of aromatic nitrogens is 2. The minimum absolute atomic E-state index is 0.260. The third kappa shape index (κ3) is 3.97. The van der Waals surface area contributed by atoms with E-state index in [9.17, 15) is 0 Å². The molecule has 1 atom stereocenters. The molecule has 0 aliphatic rings. The van der Waals surface area contributed by atoms with Gasteiger partial charge in [-0.2, -0.15) is 4.98 Å². The molecule has 0 saturated heterocycles. The lowest BCUT2D eigenvalue weighted by atomic mass is 10.1. The topological polar surface area (TPSA) is 68.2 Å². The first-order valence-corrected chi connectivity index (χ1v) is 5.30. The normalized spacial score (nSPS) is 13.4. The molecule has 1 rings (SSSR count). The zero-order chi connectivity index (χ0) is 11.3. The summed E-state index contributed by atoms with van der Waals surface area (Å²) in [5, 5.41) is 3.94. The van der Waals surface area contributed by atoms with Crippen molar-refractivity contribution in [3.63, 3.8) is 0 Å². The van der Waals surface area contributed by atoms with Gasteiger partial charge in [0.05, 0.1) is 0 Å². The highest BCUT2D eigenvalue weighted by Gasteiger charge is 2.13. The summed E-state index contributed by atoms with van der Waals surface area (Å²) in [5.74, 6) is 1.74. The number of likely N-dealkylation sites (N-methyl/N-ethyl adjacent to an activating group) is 1. The summed E-state index contributed by atoms with van der Waals surface area (Å²) in [5.41, 5.74) is 5.48. The monoisotopic (exact) mass is 212 g/mol. The first kappa shape index (κ1) is 12.1. The molecule has 15 heavy (non-hydrogen) atoms. The van der Waals surface area contributed by atoms with Crippen LogP contribution in [0.4, 0.5) is 0 Å². The molecule has 5 heteroatoms. The van der Waals surface area contributed by atoms with Crippen LogP contribution < -0.4 is 5.73 Å². The van der Waals surface area contributed by atoms with Gasteiger partial charge in [0.15, 0.2) is 5.82 Å². The molecule has 0 radical (unpaired) electrons. The van der Waals surface area contributed by atoms with Gasteiger partial charge in [-0.3, -0.25) is 0 Å². The SMILES string of the molecule is CC(CCN)c1nc(CCN(C)C)no1. The molecule has 0 bridgehead atoms. The Morgan fingerprint density at radius 1 is 1.47 bits per heavy atom. The second kappa shape index (κ2) is 5.82. The molecule has 0 aromatic carbocycles. The first-order valence-electron chi connectivity index (χ1n) is 5.30. The second-order valence-corrected chi connectivity index (χ2v) is 4.08. The van der Waals surface area contributed by atoms with Crippen LogP contribution in [0.1, 0.15) is 31.0 Å². The zero-order valence-electron chi connectivity index (χ0n) is 9.73. The van der Waals surface area contributed by atoms with Gasteiger partial charge < -0.3 is 15.2 Å². The van der Waals surface area contributed by atoms with Crippen molar-refractivity contribution in [3.8, 4) is 0 Å². The quantitative estimate of drug-likeness (QED) is 0.749. The predicted octanol–water partition coefficient (Wildman–Crippen LogP) is 0.626. The van der Waals surface area contributed by atoms with Crippen LogP contribution in [-0.2, 0) is 6.42 Å². The van der Waals surface area contributed by atoms with Crippen molar-refractivity contribution < 1.29 is 4.52 Å². The lowest BCUT2D eigenvalue weighted by Crippen LogP contribution is -2.15. The van der Waals surface area contributed by atoms with Crippen molar-refractivity contribution in [2.75, 3.05) is 27.2 Å². The van der Waals surface area contributed by atoms with E-state index in [4.69, 9.17) is 10.3 Å². The fraction of sp³-hybridized carbons (Fsp3) is 0.800. The van der Waals surface area contributed by atoms with Crippen molar-refractivity contribution in [1.82, 2.24) is 15.0 Å². The van der Waals surface area contributed by atoms with E-state index in [1.54, 1.807) is 0 Å². The third-order valence-corrected chi connectivity index (χ3v) is 2.29. The van der Waals surface area contributed by atoms with E-state index in [1.165, 1.54) is 0 Å². The van der Waals surface area contributed by atoms with E-state index in [2.05, 4.69) is 22.0 Å². The van der Waals surface area contributed by atoms with Crippen LogP contribution in [0.15, 0.2) is 4.52 Å². The van der Waals surface area contributed by atoms with Gasteiger partial charge in [-0.25, -0.2) is 0 Å². The molecule has 2 N–H and O–H groups in total. The summed E-state index contributed by atoms with van der Waals surface area (Å²) < 4.78 is 5.18. The number of hydrogen-bond acceptors (Lipinski definition) is 5. The van der Waals surface area contributed by atoms with Crippen LogP contribution in [0.25, 0.3) is 0 Å². The fourth-order valence-corrected chi connectivity index (χ4v) is 1.27. The van der Waals surface area contributed by atoms with Crippen LogP contribution in [-0.4, -0.2) is 42.2 Å². The van der Waals surface area contributed by atoms with E-state index >= 15 is 0 Å². The van der Waals surface area contributed by atoms with Gasteiger partial charge in [0, 0.05) is 18.9 Å². The Balaban J connectivity index is 2.48. The summed E-state index contributed by atoms with van der Waals surface area (Å²) in [6.07, 6.45) is 1.71. The average molecular weight is 212 g/mol. The number of hydrogen-bond donors (Lipinski definition) is 1. The lowest BCUT2D eigenvalue weighted by molar-refractivity contribution is 0.347. The second-order valence-electron chi connectivity index (χ2n) is 4.08. The van der Waals surface area contributed by atoms with Gasteiger partial charge >= 0.3 is 0 Å². The first-order chi connectivity index (χ1) is 7.13. The zero-order valence-corrected chi connectivity index (χ0v) is 9.73. The maximum atomic E-state index is 5.48. The molecule has 1 aromatic rings. The van der Waals surface area contributed by atoms with Crippen molar-refractivity contribution in [3.05, 3.63) is 11.7 Å². The summed E-state index contributed by atoms with van der Waals surface area (Å²) in [4.78, 5) is 6.44. The molecular formula is C10H20N4O. The molecule has 86 valence electrons. The highest BCUT2D eigenvalue weighted by molar-refractivity contribution is 4.92. The largest absolute Gasteiger partial charge is 0.339 e. The summed E-state index contributed by atoms with van der Waals surface area (Å²) >= 11 is 0. The fourth-order valence-electron chi connectivity index (χ4n) is 1.27. The lowest BCUT2D eigenvalue weighted by Gasteiger charge is -2.05. The Labute approximate surface area is 90.6 Å². The molecule has 0 spiro atoms. The third-order valence-electron chi connectivity index (χ3n) is 2.29. The van der Waals surface area contributed by atoms with Gasteiger partial charge in [0.2, 0.25) is 5.89 Å². The molecule has 0 saturated carbocycles. The van der Waals surface area contributed by atoms with E-state index in [-0.39, 0.29) is 5.92 Å². The van der Waals surface area contributed by atoms with Gasteiger partial charge in [-0.15, -0.1) is 0 Å². The average Bonchev–Trinajstić information content (AvgIpc) is 2.63. The number of nitrogens with two attached hydrogens (primary N) is 1. The van der Waals surface area contributed by atoms with Gasteiger partial charge in [-0.1, -0.05) is 12.1 Å². The summed E-state index contributed by atoms with van der Waals surface area (Å²) in [6.45, 7) is 3.64. The van der Waals surface area contributed by atoms with E-state index in [1.807, 2.05) is 14.1 Å². The molecular weight excluding hydrogens is 192 g/mol. The molecule has 5 nitrogen and oxygen atoms in total. The van der Waals surface area contributed by atoms with Crippen molar-refractivity contribution in [1.29, 1.82) is 0 Å². The minimum Gasteiger partial charge on any atom is -0.339 e. The van der Waals surface area contributed by atoms with Crippen LogP contribution in [0.2, 0.25) is 0 Å². The Morgan fingerprint density at radius 3 is 2.80 bits per heavy atom. The highest BCUT2D eigenvalue weighted by Crippen LogP contribution is 2.15. The van der Waals surface area contributed by atoms with E-state index in [0.717, 1.165) is 25.2 Å². The molecule has 0 aliphatic heterocycles. The van der Waals surface area contributed by atoms with Crippen LogP contribution in [0, 0.1) is 0 Å². The Kier molecular flexibility index (Phi) is 4.71. The van der Waals surface area contributed by atoms with Crippen molar-refractivity contribution >= 4 is 0 Å². The molecule has 1 aromatic heterocycles. The standard InChI is InChI=1S/C10H20N4O/c1-8(4-6-11)10-12-9(13-15-10)5-7-14(2)3/h8H,4-7,11H2,1-3H3. The van der Waals surface area contributed by atoms with E-state index in [0.29, 0.717) is 12.4 Å². The van der Waals surface area contributed by atoms with Crippen LogP contribution in [0.5, 0.6) is 0 Å². The Bertz CT molecular complexity index is 285. The number of nitrogens with zero attached hydrogens (tertiary/aromatic N) is 3. The Hall–Kier alpha value is -0.940. The predicted molar refractivity (Wildman–Crippen MR) is 58.6 cm³/mol. The van der Waals surface area contributed by atoms with Gasteiger partial charge in [0.25, 0.3) is 0 Å². The Morgan fingerprint density at radius 2 is 2.20 bits per heavy atom. The van der Waals surface area contributed by atoms with Crippen molar-refractivity contribution in [2.45, 2.75) is 25.7 Å². The van der Waals surface area contributed by atoms with Gasteiger partial charge in [-0.05, 0) is 27.1 Å². The van der Waals surface area contributed by atoms with Crippen LogP contribution >= 0.6 is 0 Å².